The van der Waals surface area contributed by atoms with E-state index in [1.807, 2.05) is 11.4 Å². The van der Waals surface area contributed by atoms with E-state index in [-0.39, 0.29) is 11.2 Å². The van der Waals surface area contributed by atoms with Crippen LogP contribution >= 0.6 is 23.1 Å². The maximum Gasteiger partial charge on any atom is 0.134 e. The molecule has 102 valence electrons. The lowest BCUT2D eigenvalue weighted by atomic mass is 9.93. The molecule has 2 aromatic rings. The van der Waals surface area contributed by atoms with Crippen molar-refractivity contribution in [3.8, 4) is 10.6 Å². The van der Waals surface area contributed by atoms with Crippen LogP contribution in [-0.4, -0.2) is 10.7 Å². The molecule has 0 N–H and O–H groups in total. The summed E-state index contributed by atoms with van der Waals surface area (Å²) in [5, 5.41) is 2.81. The zero-order valence-corrected chi connectivity index (χ0v) is 13.3. The van der Waals surface area contributed by atoms with Crippen LogP contribution < -0.4 is 0 Å². The van der Waals surface area contributed by atoms with Crippen LogP contribution in [0.15, 0.2) is 28.5 Å². The van der Waals surface area contributed by atoms with Gasteiger partial charge in [0.1, 0.15) is 10.8 Å². The van der Waals surface area contributed by atoms with Crippen molar-refractivity contribution in [2.24, 2.45) is 0 Å². The van der Waals surface area contributed by atoms with Crippen molar-refractivity contribution in [1.29, 1.82) is 0 Å². The van der Waals surface area contributed by atoms with Crippen LogP contribution in [-0.2, 0) is 5.41 Å². The van der Waals surface area contributed by atoms with Gasteiger partial charge in [-0.2, -0.15) is 0 Å². The number of benzene rings is 1. The van der Waals surface area contributed by atoms with Crippen LogP contribution in [0.4, 0.5) is 4.39 Å². The van der Waals surface area contributed by atoms with Gasteiger partial charge in [-0.3, -0.25) is 0 Å². The molecule has 0 unspecified atom stereocenters. The van der Waals surface area contributed by atoms with Gasteiger partial charge in [-0.25, -0.2) is 9.37 Å². The van der Waals surface area contributed by atoms with Gasteiger partial charge >= 0.3 is 0 Å². The van der Waals surface area contributed by atoms with E-state index in [0.717, 1.165) is 21.3 Å². The van der Waals surface area contributed by atoms with Gasteiger partial charge in [-0.15, -0.1) is 23.1 Å². The van der Waals surface area contributed by atoms with Crippen LogP contribution in [0.2, 0.25) is 0 Å². The van der Waals surface area contributed by atoms with Crippen molar-refractivity contribution in [1.82, 2.24) is 4.98 Å². The lowest BCUT2D eigenvalue weighted by Gasteiger charge is -2.14. The fraction of sp³-hybridized carbons (Fsp3) is 0.400. The molecule has 0 spiro atoms. The third-order valence-corrected chi connectivity index (χ3v) is 4.56. The summed E-state index contributed by atoms with van der Waals surface area (Å²) >= 11 is 3.17. The molecule has 0 atom stereocenters. The van der Waals surface area contributed by atoms with Gasteiger partial charge in [0, 0.05) is 15.7 Å². The monoisotopic (exact) mass is 295 g/mol. The van der Waals surface area contributed by atoms with Crippen molar-refractivity contribution in [3.63, 3.8) is 0 Å². The van der Waals surface area contributed by atoms with E-state index in [1.165, 1.54) is 17.4 Å². The van der Waals surface area contributed by atoms with Crippen molar-refractivity contribution < 1.29 is 4.39 Å². The molecule has 0 amide bonds. The summed E-state index contributed by atoms with van der Waals surface area (Å²) in [4.78, 5) is 5.59. The summed E-state index contributed by atoms with van der Waals surface area (Å²) in [6, 6.07) is 5.23. The number of aromatic nitrogens is 1. The fourth-order valence-electron chi connectivity index (χ4n) is 1.72. The first-order chi connectivity index (χ1) is 8.93. The second-order valence-electron chi connectivity index (χ2n) is 5.33. The SMILES string of the molecule is CCSc1cccc(F)c1-c1nc(C(C)(C)C)cs1. The minimum absolute atomic E-state index is 0.00192. The van der Waals surface area contributed by atoms with Crippen molar-refractivity contribution in [2.45, 2.75) is 38.0 Å². The van der Waals surface area contributed by atoms with Crippen molar-refractivity contribution in [3.05, 3.63) is 35.1 Å². The molecular weight excluding hydrogens is 277 g/mol. The zero-order valence-electron chi connectivity index (χ0n) is 11.7. The molecule has 19 heavy (non-hydrogen) atoms. The minimum atomic E-state index is -0.187. The molecule has 1 aromatic carbocycles. The molecule has 4 heteroatoms. The number of halogens is 1. The molecule has 0 bridgehead atoms. The highest BCUT2D eigenvalue weighted by Gasteiger charge is 2.20. The highest BCUT2D eigenvalue weighted by Crippen LogP contribution is 2.37. The van der Waals surface area contributed by atoms with E-state index < -0.39 is 0 Å². The Morgan fingerprint density at radius 3 is 2.63 bits per heavy atom. The van der Waals surface area contributed by atoms with Crippen LogP contribution in [0, 0.1) is 5.82 Å². The number of thiazole rings is 1. The summed E-state index contributed by atoms with van der Waals surface area (Å²) in [7, 11) is 0. The van der Waals surface area contributed by atoms with Gasteiger partial charge in [0.25, 0.3) is 0 Å². The second kappa shape index (κ2) is 5.63. The molecule has 2 rings (SSSR count). The van der Waals surface area contributed by atoms with Gasteiger partial charge in [-0.1, -0.05) is 33.8 Å². The van der Waals surface area contributed by atoms with Crippen LogP contribution in [0.25, 0.3) is 10.6 Å². The Bertz CT molecular complexity index is 570. The van der Waals surface area contributed by atoms with Crippen molar-refractivity contribution in [2.75, 3.05) is 5.75 Å². The summed E-state index contributed by atoms with van der Waals surface area (Å²) in [6.07, 6.45) is 0. The van der Waals surface area contributed by atoms with Gasteiger partial charge in [-0.05, 0) is 17.9 Å². The number of rotatable bonds is 3. The van der Waals surface area contributed by atoms with Crippen LogP contribution in [0.1, 0.15) is 33.4 Å². The predicted molar refractivity (Wildman–Crippen MR) is 82.6 cm³/mol. The van der Waals surface area contributed by atoms with Gasteiger partial charge in [0.2, 0.25) is 0 Å². The molecule has 1 nitrogen and oxygen atoms in total. The Balaban J connectivity index is 2.49. The topological polar surface area (TPSA) is 12.9 Å². The van der Waals surface area contributed by atoms with Crippen LogP contribution in [0.3, 0.4) is 0 Å². The van der Waals surface area contributed by atoms with Gasteiger partial charge in [0.15, 0.2) is 0 Å². The lowest BCUT2D eigenvalue weighted by Crippen LogP contribution is -2.11. The lowest BCUT2D eigenvalue weighted by molar-refractivity contribution is 0.573. The molecular formula is C15H18FNS2. The zero-order chi connectivity index (χ0) is 14.0. The number of hydrogen-bond acceptors (Lipinski definition) is 3. The normalized spacial score (nSPS) is 11.8. The Kier molecular flexibility index (Phi) is 4.31. The molecule has 0 saturated carbocycles. The second-order valence-corrected chi connectivity index (χ2v) is 7.50. The van der Waals surface area contributed by atoms with E-state index in [9.17, 15) is 4.39 Å². The fourth-order valence-corrected chi connectivity index (χ4v) is 3.72. The third-order valence-electron chi connectivity index (χ3n) is 2.76. The maximum absolute atomic E-state index is 14.1. The molecule has 0 saturated heterocycles. The van der Waals surface area contributed by atoms with Crippen molar-refractivity contribution >= 4 is 23.1 Å². The summed E-state index contributed by atoms with van der Waals surface area (Å²) < 4.78 is 14.1. The van der Waals surface area contributed by atoms with E-state index in [2.05, 4.69) is 32.7 Å². The average Bonchev–Trinajstić information content (AvgIpc) is 2.78. The molecule has 1 heterocycles. The smallest absolute Gasteiger partial charge is 0.134 e. The first-order valence-electron chi connectivity index (χ1n) is 6.31. The van der Waals surface area contributed by atoms with E-state index in [0.29, 0.717) is 5.56 Å². The van der Waals surface area contributed by atoms with E-state index in [1.54, 1.807) is 17.8 Å². The number of thioether (sulfide) groups is 1. The first kappa shape index (κ1) is 14.5. The summed E-state index contributed by atoms with van der Waals surface area (Å²) in [6.45, 7) is 8.43. The Morgan fingerprint density at radius 2 is 2.05 bits per heavy atom. The van der Waals surface area contributed by atoms with Crippen LogP contribution in [0.5, 0.6) is 0 Å². The molecule has 1 aromatic heterocycles. The quantitative estimate of drug-likeness (QED) is 0.707. The molecule has 0 radical (unpaired) electrons. The number of nitrogens with zero attached hydrogens (tertiary/aromatic N) is 1. The molecule has 0 aliphatic carbocycles. The average molecular weight is 295 g/mol. The Morgan fingerprint density at radius 1 is 1.32 bits per heavy atom. The maximum atomic E-state index is 14.1. The molecule has 0 fully saturated rings. The first-order valence-corrected chi connectivity index (χ1v) is 8.17. The largest absolute Gasteiger partial charge is 0.240 e. The summed E-state index contributed by atoms with van der Waals surface area (Å²) in [5.74, 6) is 0.738. The summed E-state index contributed by atoms with van der Waals surface area (Å²) in [5.41, 5.74) is 1.66. The van der Waals surface area contributed by atoms with Gasteiger partial charge < -0.3 is 0 Å². The van der Waals surface area contributed by atoms with Gasteiger partial charge in [0.05, 0.1) is 11.3 Å². The third kappa shape index (κ3) is 3.18. The van der Waals surface area contributed by atoms with E-state index >= 15 is 0 Å². The highest BCUT2D eigenvalue weighted by atomic mass is 32.2. The minimum Gasteiger partial charge on any atom is -0.240 e. The Hall–Kier alpha value is -0.870. The predicted octanol–water partition coefficient (Wildman–Crippen LogP) is 5.36. The molecule has 0 aliphatic rings. The standard InChI is InChI=1S/C15H18FNS2/c1-5-18-11-8-6-7-10(16)13(11)14-17-12(9-19-14)15(2,3)4/h6-9H,5H2,1-4H3. The molecule has 0 aliphatic heterocycles. The Labute approximate surface area is 122 Å². The highest BCUT2D eigenvalue weighted by molar-refractivity contribution is 7.99. The number of hydrogen-bond donors (Lipinski definition) is 0. The van der Waals surface area contributed by atoms with E-state index in [4.69, 9.17) is 0 Å².